The highest BCUT2D eigenvalue weighted by Gasteiger charge is 2.33. The van der Waals surface area contributed by atoms with Crippen LogP contribution >= 0.6 is 15.9 Å². The Balaban J connectivity index is 3.04. The summed E-state index contributed by atoms with van der Waals surface area (Å²) in [5.74, 6) is -0.335. The first-order chi connectivity index (χ1) is 8.01. The highest BCUT2D eigenvalue weighted by molar-refractivity contribution is 9.10. The molecule has 0 heterocycles. The van der Waals surface area contributed by atoms with Crippen molar-refractivity contribution >= 4 is 27.5 Å². The van der Waals surface area contributed by atoms with Gasteiger partial charge in [-0.2, -0.15) is 13.2 Å². The summed E-state index contributed by atoms with van der Waals surface area (Å²) < 4.78 is 37.9. The molecule has 0 fully saturated rings. The predicted molar refractivity (Wildman–Crippen MR) is 67.2 cm³/mol. The maximum absolute atomic E-state index is 12.7. The molecule has 0 bridgehead atoms. The molecule has 0 aliphatic rings. The Morgan fingerprint density at radius 3 is 2.22 bits per heavy atom. The zero-order chi connectivity index (χ0) is 14.1. The van der Waals surface area contributed by atoms with E-state index in [0.717, 1.165) is 6.07 Å². The molecule has 0 aliphatic carbocycles. The molecule has 0 aromatic heterocycles. The Kier molecular flexibility index (Phi) is 4.10. The summed E-state index contributed by atoms with van der Waals surface area (Å²) >= 11 is 2.84. The van der Waals surface area contributed by atoms with Gasteiger partial charge in [0.25, 0.3) is 0 Å². The van der Waals surface area contributed by atoms with Crippen LogP contribution in [0.25, 0.3) is 0 Å². The third-order valence-electron chi connectivity index (χ3n) is 2.21. The molecule has 6 heteroatoms. The van der Waals surface area contributed by atoms with Crippen molar-refractivity contribution in [3.05, 3.63) is 28.2 Å². The first kappa shape index (κ1) is 15.0. The lowest BCUT2D eigenvalue weighted by atomic mass is 9.95. The van der Waals surface area contributed by atoms with E-state index in [2.05, 4.69) is 21.2 Å². The molecule has 1 aromatic carbocycles. The number of alkyl halides is 3. The summed E-state index contributed by atoms with van der Waals surface area (Å²) in [5, 5.41) is 2.46. The maximum Gasteiger partial charge on any atom is 0.417 e. The second kappa shape index (κ2) is 4.91. The fourth-order valence-electron chi connectivity index (χ4n) is 1.14. The smallest absolute Gasteiger partial charge is 0.326 e. The zero-order valence-corrected chi connectivity index (χ0v) is 11.7. The van der Waals surface area contributed by atoms with E-state index < -0.39 is 17.2 Å². The highest BCUT2D eigenvalue weighted by Crippen LogP contribution is 2.36. The molecule has 18 heavy (non-hydrogen) atoms. The average Bonchev–Trinajstić information content (AvgIpc) is 2.17. The standard InChI is InChI=1S/C12H13BrF3NO/c1-11(2,3)10(18)17-7-4-5-9(13)8(6-7)12(14,15)16/h4-6H,1-3H3,(H,17,18). The Bertz CT molecular complexity index is 463. The lowest BCUT2D eigenvalue weighted by Gasteiger charge is -2.18. The van der Waals surface area contributed by atoms with Crippen molar-refractivity contribution in [2.24, 2.45) is 5.41 Å². The van der Waals surface area contributed by atoms with Gasteiger partial charge >= 0.3 is 6.18 Å². The van der Waals surface area contributed by atoms with E-state index in [4.69, 9.17) is 0 Å². The van der Waals surface area contributed by atoms with E-state index in [-0.39, 0.29) is 16.1 Å². The van der Waals surface area contributed by atoms with Crippen LogP contribution in [0.5, 0.6) is 0 Å². The molecule has 1 rings (SSSR count). The van der Waals surface area contributed by atoms with Crippen LogP contribution in [-0.4, -0.2) is 5.91 Å². The van der Waals surface area contributed by atoms with E-state index in [1.807, 2.05) is 0 Å². The third kappa shape index (κ3) is 3.73. The van der Waals surface area contributed by atoms with Gasteiger partial charge in [-0.25, -0.2) is 0 Å². The van der Waals surface area contributed by atoms with Crippen molar-refractivity contribution in [3.8, 4) is 0 Å². The molecule has 0 atom stereocenters. The van der Waals surface area contributed by atoms with E-state index in [1.165, 1.54) is 12.1 Å². The predicted octanol–water partition coefficient (Wildman–Crippen LogP) is 4.45. The minimum atomic E-state index is -4.46. The van der Waals surface area contributed by atoms with Crippen molar-refractivity contribution in [1.29, 1.82) is 0 Å². The Hall–Kier alpha value is -1.04. The van der Waals surface area contributed by atoms with Crippen molar-refractivity contribution in [2.45, 2.75) is 26.9 Å². The number of benzene rings is 1. The summed E-state index contributed by atoms with van der Waals surface area (Å²) in [5.41, 5.74) is -1.34. The molecular formula is C12H13BrF3NO. The van der Waals surface area contributed by atoms with Crippen LogP contribution in [0.15, 0.2) is 22.7 Å². The number of carbonyl (C=O) groups excluding carboxylic acids is 1. The molecule has 0 aliphatic heterocycles. The summed E-state index contributed by atoms with van der Waals surface area (Å²) in [6.45, 7) is 5.06. The molecular weight excluding hydrogens is 311 g/mol. The normalized spacial score (nSPS) is 12.4. The number of nitrogens with one attached hydrogen (secondary N) is 1. The minimum Gasteiger partial charge on any atom is -0.326 e. The van der Waals surface area contributed by atoms with E-state index >= 15 is 0 Å². The van der Waals surface area contributed by atoms with Crippen LogP contribution in [-0.2, 0) is 11.0 Å². The lowest BCUT2D eigenvalue weighted by molar-refractivity contribution is -0.138. The van der Waals surface area contributed by atoms with Crippen LogP contribution < -0.4 is 5.32 Å². The van der Waals surface area contributed by atoms with Gasteiger partial charge in [-0.3, -0.25) is 4.79 Å². The fraction of sp³-hybridized carbons (Fsp3) is 0.417. The number of amides is 1. The number of hydrogen-bond donors (Lipinski definition) is 1. The number of rotatable bonds is 1. The molecule has 0 saturated heterocycles. The SMILES string of the molecule is CC(C)(C)C(=O)Nc1ccc(Br)c(C(F)(F)F)c1. The molecule has 0 spiro atoms. The van der Waals surface area contributed by atoms with Crippen LogP contribution in [0.3, 0.4) is 0 Å². The second-order valence-corrected chi connectivity index (χ2v) is 5.75. The van der Waals surface area contributed by atoms with Crippen LogP contribution in [0, 0.1) is 5.41 Å². The Labute approximate surface area is 112 Å². The molecule has 2 nitrogen and oxygen atoms in total. The van der Waals surface area contributed by atoms with Crippen molar-refractivity contribution in [3.63, 3.8) is 0 Å². The Morgan fingerprint density at radius 2 is 1.78 bits per heavy atom. The van der Waals surface area contributed by atoms with Crippen molar-refractivity contribution in [1.82, 2.24) is 0 Å². The topological polar surface area (TPSA) is 29.1 Å². The van der Waals surface area contributed by atoms with Gasteiger partial charge in [0, 0.05) is 15.6 Å². The van der Waals surface area contributed by atoms with Gasteiger partial charge in [0.05, 0.1) is 5.56 Å². The average molecular weight is 324 g/mol. The van der Waals surface area contributed by atoms with Gasteiger partial charge < -0.3 is 5.32 Å². The Morgan fingerprint density at radius 1 is 1.22 bits per heavy atom. The minimum absolute atomic E-state index is 0.0521. The van der Waals surface area contributed by atoms with Gasteiger partial charge in [-0.1, -0.05) is 36.7 Å². The van der Waals surface area contributed by atoms with E-state index in [1.54, 1.807) is 20.8 Å². The van der Waals surface area contributed by atoms with Gasteiger partial charge in [-0.15, -0.1) is 0 Å². The first-order valence-corrected chi connectivity index (χ1v) is 5.99. The largest absolute Gasteiger partial charge is 0.417 e. The van der Waals surface area contributed by atoms with Gasteiger partial charge in [0.1, 0.15) is 0 Å². The summed E-state index contributed by atoms with van der Waals surface area (Å²) in [6, 6.07) is 3.60. The summed E-state index contributed by atoms with van der Waals surface area (Å²) in [7, 11) is 0. The van der Waals surface area contributed by atoms with Gasteiger partial charge in [0.15, 0.2) is 0 Å². The monoisotopic (exact) mass is 323 g/mol. The van der Waals surface area contributed by atoms with Crippen LogP contribution in [0.2, 0.25) is 0 Å². The van der Waals surface area contributed by atoms with Gasteiger partial charge in [-0.05, 0) is 18.2 Å². The molecule has 0 radical (unpaired) electrons. The fourth-order valence-corrected chi connectivity index (χ4v) is 1.61. The quantitative estimate of drug-likeness (QED) is 0.812. The van der Waals surface area contributed by atoms with E-state index in [9.17, 15) is 18.0 Å². The van der Waals surface area contributed by atoms with Crippen molar-refractivity contribution in [2.75, 3.05) is 5.32 Å². The second-order valence-electron chi connectivity index (χ2n) is 4.90. The number of halogens is 4. The molecule has 100 valence electrons. The maximum atomic E-state index is 12.7. The van der Waals surface area contributed by atoms with Gasteiger partial charge in [0.2, 0.25) is 5.91 Å². The number of anilines is 1. The molecule has 1 aromatic rings. The summed E-state index contributed by atoms with van der Waals surface area (Å²) in [4.78, 5) is 11.7. The summed E-state index contributed by atoms with van der Waals surface area (Å²) in [6.07, 6.45) is -4.46. The van der Waals surface area contributed by atoms with Crippen LogP contribution in [0.4, 0.5) is 18.9 Å². The van der Waals surface area contributed by atoms with Crippen molar-refractivity contribution < 1.29 is 18.0 Å². The number of carbonyl (C=O) groups is 1. The molecule has 0 unspecified atom stereocenters. The molecule has 0 saturated carbocycles. The lowest BCUT2D eigenvalue weighted by Crippen LogP contribution is -2.27. The highest BCUT2D eigenvalue weighted by atomic mass is 79.9. The third-order valence-corrected chi connectivity index (χ3v) is 2.90. The van der Waals surface area contributed by atoms with Crippen LogP contribution in [0.1, 0.15) is 26.3 Å². The number of hydrogen-bond acceptors (Lipinski definition) is 1. The molecule has 1 N–H and O–H groups in total. The molecule has 1 amide bonds. The first-order valence-electron chi connectivity index (χ1n) is 5.20. The van der Waals surface area contributed by atoms with E-state index in [0.29, 0.717) is 0 Å². The zero-order valence-electron chi connectivity index (χ0n) is 10.2.